The van der Waals surface area contributed by atoms with E-state index in [-0.39, 0.29) is 5.91 Å². The van der Waals surface area contributed by atoms with Crippen molar-refractivity contribution >= 4 is 44.9 Å². The summed E-state index contributed by atoms with van der Waals surface area (Å²) in [7, 11) is 0. The van der Waals surface area contributed by atoms with Crippen molar-refractivity contribution in [3.05, 3.63) is 120 Å². The minimum Gasteiger partial charge on any atom is -0.455 e. The van der Waals surface area contributed by atoms with Crippen LogP contribution >= 0.6 is 0 Å². The maximum Gasteiger partial charge on any atom is 0.255 e. The van der Waals surface area contributed by atoms with Gasteiger partial charge < -0.3 is 20.4 Å². The Balaban J connectivity index is 1.08. The number of para-hydroxylation sites is 2. The Labute approximate surface area is 225 Å². The van der Waals surface area contributed by atoms with Crippen LogP contribution in [-0.4, -0.2) is 17.4 Å². The number of amides is 1. The fourth-order valence-electron chi connectivity index (χ4n) is 5.23. The minimum atomic E-state index is -0.101. The quantitative estimate of drug-likeness (QED) is 0.227. The molecule has 0 saturated heterocycles. The number of benzene rings is 4. The van der Waals surface area contributed by atoms with Crippen LogP contribution in [0.2, 0.25) is 0 Å². The largest absolute Gasteiger partial charge is 0.455 e. The zero-order valence-corrected chi connectivity index (χ0v) is 21.2. The SMILES string of the molecule is O=C(Nc1ccc(Nc2ccnc(-c3cccc4c3oc3ccccc34)c2)cc1)c1ccc2c(c1)CCNC2. The lowest BCUT2D eigenvalue weighted by Crippen LogP contribution is -2.24. The topological polar surface area (TPSA) is 79.2 Å². The van der Waals surface area contributed by atoms with Crippen LogP contribution in [0.1, 0.15) is 21.5 Å². The van der Waals surface area contributed by atoms with Gasteiger partial charge in [0.25, 0.3) is 5.91 Å². The first-order chi connectivity index (χ1) is 19.2. The Hall–Kier alpha value is -4.94. The molecule has 0 spiro atoms. The monoisotopic (exact) mass is 510 g/mol. The van der Waals surface area contributed by atoms with E-state index in [9.17, 15) is 4.79 Å². The van der Waals surface area contributed by atoms with Gasteiger partial charge in [-0.2, -0.15) is 0 Å². The molecule has 190 valence electrons. The van der Waals surface area contributed by atoms with E-state index < -0.39 is 0 Å². The second-order valence-electron chi connectivity index (χ2n) is 9.78. The highest BCUT2D eigenvalue weighted by Gasteiger charge is 2.14. The Morgan fingerprint density at radius 3 is 2.56 bits per heavy atom. The van der Waals surface area contributed by atoms with Crippen LogP contribution in [-0.2, 0) is 13.0 Å². The number of nitrogens with zero attached hydrogens (tertiary/aromatic N) is 1. The summed E-state index contributed by atoms with van der Waals surface area (Å²) in [5.74, 6) is -0.101. The summed E-state index contributed by atoms with van der Waals surface area (Å²) >= 11 is 0. The lowest BCUT2D eigenvalue weighted by Gasteiger charge is -2.17. The van der Waals surface area contributed by atoms with Crippen molar-refractivity contribution in [2.75, 3.05) is 17.2 Å². The number of hydrogen-bond acceptors (Lipinski definition) is 5. The predicted octanol–water partition coefficient (Wildman–Crippen LogP) is 7.29. The van der Waals surface area contributed by atoms with Crippen molar-refractivity contribution in [2.24, 2.45) is 0 Å². The molecule has 4 aromatic carbocycles. The number of rotatable bonds is 5. The number of hydrogen-bond donors (Lipinski definition) is 3. The first kappa shape index (κ1) is 23.2. The van der Waals surface area contributed by atoms with Gasteiger partial charge in [-0.1, -0.05) is 36.4 Å². The van der Waals surface area contributed by atoms with Crippen LogP contribution in [0.3, 0.4) is 0 Å². The van der Waals surface area contributed by atoms with E-state index in [1.54, 1.807) is 6.20 Å². The smallest absolute Gasteiger partial charge is 0.255 e. The van der Waals surface area contributed by atoms with Crippen molar-refractivity contribution < 1.29 is 9.21 Å². The molecule has 0 fully saturated rings. The number of nitrogens with one attached hydrogen (secondary N) is 3. The average molecular weight is 511 g/mol. The van der Waals surface area contributed by atoms with E-state index in [0.717, 1.165) is 69.8 Å². The molecule has 2 aromatic heterocycles. The fraction of sp³-hybridized carbons (Fsp3) is 0.0909. The molecular formula is C33H26N4O2. The third-order valence-electron chi connectivity index (χ3n) is 7.23. The standard InChI is InChI=1S/C33H26N4O2/c38-33(22-8-9-23-20-34-16-14-21(23)18-22)37-25-12-10-24(11-13-25)36-26-15-17-35-30(19-26)29-6-3-5-28-27-4-1-2-7-31(27)39-32(28)29/h1-13,15,17-19,34H,14,16,20H2,(H,35,36)(H,37,38). The lowest BCUT2D eigenvalue weighted by molar-refractivity contribution is 0.102. The van der Waals surface area contributed by atoms with Crippen molar-refractivity contribution in [1.29, 1.82) is 0 Å². The molecule has 3 N–H and O–H groups in total. The number of carbonyl (C=O) groups is 1. The third kappa shape index (κ3) is 4.51. The molecule has 6 heteroatoms. The van der Waals surface area contributed by atoms with Crippen LogP contribution in [0.5, 0.6) is 0 Å². The molecule has 0 bridgehead atoms. The van der Waals surface area contributed by atoms with Crippen LogP contribution in [0.15, 0.2) is 108 Å². The van der Waals surface area contributed by atoms with Gasteiger partial charge in [-0.3, -0.25) is 9.78 Å². The summed E-state index contributed by atoms with van der Waals surface area (Å²) < 4.78 is 6.20. The van der Waals surface area contributed by atoms with Gasteiger partial charge in [0.15, 0.2) is 0 Å². The van der Waals surface area contributed by atoms with Crippen molar-refractivity contribution in [3.63, 3.8) is 0 Å². The van der Waals surface area contributed by atoms with Crippen molar-refractivity contribution in [1.82, 2.24) is 10.3 Å². The van der Waals surface area contributed by atoms with Crippen LogP contribution < -0.4 is 16.0 Å². The molecular weight excluding hydrogens is 484 g/mol. The minimum absolute atomic E-state index is 0.101. The second kappa shape index (κ2) is 9.74. The van der Waals surface area contributed by atoms with Gasteiger partial charge in [-0.25, -0.2) is 0 Å². The highest BCUT2D eigenvalue weighted by molar-refractivity contribution is 6.09. The fourth-order valence-corrected chi connectivity index (χ4v) is 5.23. The van der Waals surface area contributed by atoms with Gasteiger partial charge >= 0.3 is 0 Å². The molecule has 1 aliphatic rings. The van der Waals surface area contributed by atoms with E-state index in [4.69, 9.17) is 4.42 Å². The summed E-state index contributed by atoms with van der Waals surface area (Å²) in [6.07, 6.45) is 2.74. The Morgan fingerprint density at radius 2 is 1.64 bits per heavy atom. The average Bonchev–Trinajstić information content (AvgIpc) is 3.37. The van der Waals surface area contributed by atoms with Crippen LogP contribution in [0.4, 0.5) is 17.1 Å². The highest BCUT2D eigenvalue weighted by atomic mass is 16.3. The Morgan fingerprint density at radius 1 is 0.795 bits per heavy atom. The van der Waals surface area contributed by atoms with Crippen LogP contribution in [0, 0.1) is 0 Å². The van der Waals surface area contributed by atoms with Crippen molar-refractivity contribution in [2.45, 2.75) is 13.0 Å². The predicted molar refractivity (Wildman–Crippen MR) is 156 cm³/mol. The summed E-state index contributed by atoms with van der Waals surface area (Å²) in [6.45, 7) is 1.81. The highest BCUT2D eigenvalue weighted by Crippen LogP contribution is 2.35. The molecule has 0 aliphatic carbocycles. The second-order valence-corrected chi connectivity index (χ2v) is 9.78. The van der Waals surface area contributed by atoms with Gasteiger partial charge in [0, 0.05) is 51.7 Å². The normalized spacial score (nSPS) is 12.8. The molecule has 1 amide bonds. The molecule has 0 unspecified atom stereocenters. The first-order valence-electron chi connectivity index (χ1n) is 13.1. The lowest BCUT2D eigenvalue weighted by atomic mass is 9.98. The Kier molecular flexibility index (Phi) is 5.79. The van der Waals surface area contributed by atoms with E-state index in [1.165, 1.54) is 11.1 Å². The first-order valence-corrected chi connectivity index (χ1v) is 13.1. The number of fused-ring (bicyclic) bond motifs is 4. The molecule has 6 nitrogen and oxygen atoms in total. The third-order valence-corrected chi connectivity index (χ3v) is 7.23. The summed E-state index contributed by atoms with van der Waals surface area (Å²) in [4.78, 5) is 17.5. The molecule has 6 aromatic rings. The van der Waals surface area contributed by atoms with E-state index in [0.29, 0.717) is 5.56 Å². The summed E-state index contributed by atoms with van der Waals surface area (Å²) in [6, 6.07) is 31.8. The van der Waals surface area contributed by atoms with Gasteiger partial charge in [-0.05, 0) is 84.8 Å². The molecule has 0 saturated carbocycles. The summed E-state index contributed by atoms with van der Waals surface area (Å²) in [5.41, 5.74) is 9.24. The molecule has 0 radical (unpaired) electrons. The van der Waals surface area contributed by atoms with Gasteiger partial charge in [0.1, 0.15) is 11.2 Å². The molecule has 7 rings (SSSR count). The number of anilines is 3. The number of aromatic nitrogens is 1. The molecule has 3 heterocycles. The number of carbonyl (C=O) groups excluding carboxylic acids is 1. The molecule has 39 heavy (non-hydrogen) atoms. The Bertz CT molecular complexity index is 1840. The number of pyridine rings is 1. The maximum atomic E-state index is 12.8. The van der Waals surface area contributed by atoms with E-state index >= 15 is 0 Å². The van der Waals surface area contributed by atoms with Gasteiger partial charge in [0.2, 0.25) is 0 Å². The maximum absolute atomic E-state index is 12.8. The van der Waals surface area contributed by atoms with Gasteiger partial charge in [-0.15, -0.1) is 0 Å². The van der Waals surface area contributed by atoms with Gasteiger partial charge in [0.05, 0.1) is 5.69 Å². The molecule has 0 atom stereocenters. The van der Waals surface area contributed by atoms with E-state index in [2.05, 4.69) is 33.1 Å². The zero-order chi connectivity index (χ0) is 26.2. The number of furan rings is 1. The van der Waals surface area contributed by atoms with Crippen LogP contribution in [0.25, 0.3) is 33.2 Å². The van der Waals surface area contributed by atoms with Crippen molar-refractivity contribution in [3.8, 4) is 11.3 Å². The molecule has 1 aliphatic heterocycles. The summed E-state index contributed by atoms with van der Waals surface area (Å²) in [5, 5.41) is 12.0. The zero-order valence-electron chi connectivity index (χ0n) is 21.2. The van der Waals surface area contributed by atoms with E-state index in [1.807, 2.05) is 84.9 Å².